The summed E-state index contributed by atoms with van der Waals surface area (Å²) in [7, 11) is -6.09. The van der Waals surface area contributed by atoms with Gasteiger partial charge >= 0.3 is 5.51 Å². The number of hydrogen-bond donors (Lipinski definition) is 0. The van der Waals surface area contributed by atoms with E-state index in [0.29, 0.717) is 0 Å². The third-order valence-corrected chi connectivity index (χ3v) is 7.29. The van der Waals surface area contributed by atoms with E-state index in [0.717, 1.165) is 28.2 Å². The Bertz CT molecular complexity index is 1840. The smallest absolute Gasteiger partial charge is 0.485 e. The molecule has 0 N–H and O–H groups in total. The third-order valence-electron chi connectivity index (χ3n) is 6.72. The Hall–Kier alpha value is -5.12. The Morgan fingerprint density at radius 1 is 0.591 bits per heavy atom. The van der Waals surface area contributed by atoms with Gasteiger partial charge in [0.2, 0.25) is 17.1 Å². The molecule has 0 radical (unpaired) electrons. The van der Waals surface area contributed by atoms with Crippen LogP contribution in [0.25, 0.3) is 50.5 Å². The maximum Gasteiger partial charge on any atom is 0.485 e. The number of nitrogens with zero attached hydrogens (tertiary/aromatic N) is 2. The average molecular weight is 611 g/mol. The molecule has 0 fully saturated rings. The van der Waals surface area contributed by atoms with Gasteiger partial charge in [0.1, 0.15) is 0 Å². The number of rotatable bonds is 5. The first kappa shape index (κ1) is 30.3. The fraction of sp³-hybridized carbons (Fsp3) is 0.0286. The number of hydrogen-bond acceptors (Lipinski definition) is 4. The zero-order chi connectivity index (χ0) is 31.2. The van der Waals surface area contributed by atoms with Gasteiger partial charge in [-0.3, -0.25) is 4.98 Å². The highest BCUT2D eigenvalue weighted by molar-refractivity contribution is 7.86. The molecule has 0 amide bonds. The summed E-state index contributed by atoms with van der Waals surface area (Å²) >= 11 is 0. The van der Waals surface area contributed by atoms with Gasteiger partial charge in [-0.2, -0.15) is 17.7 Å². The maximum absolute atomic E-state index is 10.7. The first-order valence-electron chi connectivity index (χ1n) is 13.4. The van der Waals surface area contributed by atoms with Gasteiger partial charge < -0.3 is 4.55 Å². The Morgan fingerprint density at radius 3 is 1.45 bits per heavy atom. The molecule has 9 heteroatoms. The number of pyridine rings is 2. The summed E-state index contributed by atoms with van der Waals surface area (Å²) in [5.74, 6) is 0. The van der Waals surface area contributed by atoms with E-state index in [1.165, 1.54) is 22.3 Å². The second kappa shape index (κ2) is 13.0. The molecule has 220 valence electrons. The molecule has 4 aromatic carbocycles. The molecule has 0 atom stereocenters. The van der Waals surface area contributed by atoms with Crippen molar-refractivity contribution in [3.8, 4) is 50.5 Å². The molecule has 0 spiro atoms. The molecule has 2 heterocycles. The van der Waals surface area contributed by atoms with Gasteiger partial charge in [-0.1, -0.05) is 97.1 Å². The van der Waals surface area contributed by atoms with E-state index in [-0.39, 0.29) is 0 Å². The lowest BCUT2D eigenvalue weighted by molar-refractivity contribution is -0.571. The maximum atomic E-state index is 10.7. The van der Waals surface area contributed by atoms with Gasteiger partial charge in [-0.25, -0.2) is 8.42 Å². The van der Waals surface area contributed by atoms with Crippen LogP contribution in [0.5, 0.6) is 0 Å². The predicted octanol–water partition coefficient (Wildman–Crippen LogP) is 8.08. The molecule has 0 saturated heterocycles. The molecule has 5 nitrogen and oxygen atoms in total. The van der Waals surface area contributed by atoms with E-state index in [2.05, 4.69) is 149 Å². The Labute approximate surface area is 253 Å². The highest BCUT2D eigenvalue weighted by Gasteiger charge is 2.37. The topological polar surface area (TPSA) is 74.0 Å². The van der Waals surface area contributed by atoms with Gasteiger partial charge in [0, 0.05) is 47.3 Å². The average Bonchev–Trinajstić information content (AvgIpc) is 3.05. The van der Waals surface area contributed by atoms with E-state index in [4.69, 9.17) is 13.0 Å². The summed E-state index contributed by atoms with van der Waals surface area (Å²) in [4.78, 5) is 4.31. The molecular formula is C35H25F3N2O3S. The highest BCUT2D eigenvalue weighted by Crippen LogP contribution is 2.41. The molecule has 0 unspecified atom stereocenters. The number of halogens is 3. The van der Waals surface area contributed by atoms with Crippen molar-refractivity contribution >= 4 is 10.1 Å². The summed E-state index contributed by atoms with van der Waals surface area (Å²) < 4.78 is 61.3. The van der Waals surface area contributed by atoms with Crippen molar-refractivity contribution in [3.05, 3.63) is 152 Å². The summed E-state index contributed by atoms with van der Waals surface area (Å²) in [6.07, 6.45) is 3.72. The molecule has 0 bridgehead atoms. The van der Waals surface area contributed by atoms with Crippen molar-refractivity contribution in [2.75, 3.05) is 0 Å². The Balaban J connectivity index is 0.000000426. The van der Waals surface area contributed by atoms with Crippen LogP contribution < -0.4 is 4.57 Å². The molecular weight excluding hydrogens is 585 g/mol. The fourth-order valence-electron chi connectivity index (χ4n) is 4.83. The molecule has 6 rings (SSSR count). The van der Waals surface area contributed by atoms with Gasteiger partial charge in [0.05, 0.1) is 5.56 Å². The number of benzene rings is 4. The first-order valence-corrected chi connectivity index (χ1v) is 14.8. The van der Waals surface area contributed by atoms with Crippen LogP contribution in [0.4, 0.5) is 13.2 Å². The predicted molar refractivity (Wildman–Crippen MR) is 163 cm³/mol. The van der Waals surface area contributed by atoms with Crippen molar-refractivity contribution in [1.29, 1.82) is 0 Å². The van der Waals surface area contributed by atoms with Crippen LogP contribution in [0, 0.1) is 0 Å². The van der Waals surface area contributed by atoms with Gasteiger partial charge in [0.15, 0.2) is 10.1 Å². The van der Waals surface area contributed by atoms with Crippen LogP contribution in [-0.4, -0.2) is 23.5 Å². The SMILES string of the molecule is O=S(=O)([O-])C(F)(F)F.c1ccc(-c2cc(-c3ccccc3)[n+](-c3ccncc3)c(-c3ccccc3)c2-c2ccccc2)cc1. The minimum Gasteiger partial charge on any atom is -0.741 e. The summed E-state index contributed by atoms with van der Waals surface area (Å²) in [6.45, 7) is 0. The van der Waals surface area contributed by atoms with Gasteiger partial charge in [0.25, 0.3) is 0 Å². The molecule has 0 aliphatic rings. The van der Waals surface area contributed by atoms with E-state index in [9.17, 15) is 13.2 Å². The Kier molecular flexibility index (Phi) is 8.99. The van der Waals surface area contributed by atoms with Crippen LogP contribution in [0.15, 0.2) is 152 Å². The lowest BCUT2D eigenvalue weighted by Gasteiger charge is -2.18. The minimum absolute atomic E-state index is 1.07. The summed E-state index contributed by atoms with van der Waals surface area (Å²) in [5.41, 5.74) is 4.77. The van der Waals surface area contributed by atoms with Gasteiger partial charge in [-0.15, -0.1) is 0 Å². The quantitative estimate of drug-likeness (QED) is 0.112. The zero-order valence-corrected chi connectivity index (χ0v) is 23.9. The number of aromatic nitrogens is 2. The van der Waals surface area contributed by atoms with Crippen molar-refractivity contribution in [1.82, 2.24) is 4.98 Å². The normalized spacial score (nSPS) is 11.4. The van der Waals surface area contributed by atoms with E-state index in [1.54, 1.807) is 0 Å². The largest absolute Gasteiger partial charge is 0.741 e. The monoisotopic (exact) mass is 610 g/mol. The van der Waals surface area contributed by atoms with E-state index in [1.807, 2.05) is 12.4 Å². The minimum atomic E-state index is -6.09. The lowest BCUT2D eigenvalue weighted by atomic mass is 9.88. The van der Waals surface area contributed by atoms with Crippen molar-refractivity contribution in [2.45, 2.75) is 5.51 Å². The van der Waals surface area contributed by atoms with Crippen LogP contribution in [0.2, 0.25) is 0 Å². The highest BCUT2D eigenvalue weighted by atomic mass is 32.2. The second-order valence-corrected chi connectivity index (χ2v) is 10.9. The summed E-state index contributed by atoms with van der Waals surface area (Å²) in [6, 6.07) is 49.2. The van der Waals surface area contributed by atoms with Crippen molar-refractivity contribution in [2.24, 2.45) is 0 Å². The molecule has 0 aliphatic heterocycles. The van der Waals surface area contributed by atoms with Crippen molar-refractivity contribution < 1.29 is 30.7 Å². The van der Waals surface area contributed by atoms with Crippen LogP contribution >= 0.6 is 0 Å². The number of alkyl halides is 3. The van der Waals surface area contributed by atoms with Crippen LogP contribution in [0.1, 0.15) is 0 Å². The molecule has 2 aromatic heterocycles. The van der Waals surface area contributed by atoms with Crippen LogP contribution in [0.3, 0.4) is 0 Å². The zero-order valence-electron chi connectivity index (χ0n) is 23.1. The molecule has 0 aliphatic carbocycles. The second-order valence-electron chi connectivity index (χ2n) is 9.57. The molecule has 44 heavy (non-hydrogen) atoms. The first-order chi connectivity index (χ1) is 21.1. The standard InChI is InChI=1S/C34H25N2.CHF3O3S/c1-5-13-26(14-6-1)31-25-32(27-15-7-2-8-16-27)36(30-21-23-35-24-22-30)34(29-19-11-4-12-20-29)33(31)28-17-9-3-10-18-28;2-1(3,4)8(5,6)7/h1-25H;(H,5,6,7)/q+1;/p-1. The van der Waals surface area contributed by atoms with E-state index >= 15 is 0 Å². The van der Waals surface area contributed by atoms with Gasteiger partial charge in [-0.05, 0) is 35.4 Å². The van der Waals surface area contributed by atoms with Crippen LogP contribution in [-0.2, 0) is 10.1 Å². The molecule has 0 saturated carbocycles. The lowest BCUT2D eigenvalue weighted by Crippen LogP contribution is -2.37. The van der Waals surface area contributed by atoms with E-state index < -0.39 is 15.6 Å². The fourth-order valence-corrected chi connectivity index (χ4v) is 4.83. The molecule has 6 aromatic rings. The Morgan fingerprint density at radius 2 is 1.00 bits per heavy atom. The summed E-state index contributed by atoms with van der Waals surface area (Å²) in [5, 5.41) is 0. The van der Waals surface area contributed by atoms with Crippen molar-refractivity contribution in [3.63, 3.8) is 0 Å². The third kappa shape index (κ3) is 6.75.